The van der Waals surface area contributed by atoms with Crippen LogP contribution in [0.3, 0.4) is 0 Å². The molecule has 2 N–H and O–H groups in total. The quantitative estimate of drug-likeness (QED) is 0.719. The number of aliphatic imine (C=N–C) groups is 1. The molecule has 2 aromatic rings. The smallest absolute Gasteiger partial charge is 0.239 e. The van der Waals surface area contributed by atoms with Gasteiger partial charge in [0.1, 0.15) is 11.5 Å². The molecule has 1 atom stereocenters. The fraction of sp³-hybridized carbons (Fsp3) is 0.211. The van der Waals surface area contributed by atoms with Crippen LogP contribution >= 0.6 is 0 Å². The number of guanidine groups is 1. The van der Waals surface area contributed by atoms with E-state index in [1.165, 1.54) is 25.4 Å². The molecule has 1 aromatic heterocycles. The molecule has 3 rings (SSSR count). The maximum Gasteiger partial charge on any atom is 0.239 e. The summed E-state index contributed by atoms with van der Waals surface area (Å²) in [6, 6.07) is 2.71. The van der Waals surface area contributed by atoms with Crippen LogP contribution in [0.25, 0.3) is 11.9 Å². The van der Waals surface area contributed by atoms with Crippen LogP contribution in [0.1, 0.15) is 22.9 Å². The van der Waals surface area contributed by atoms with Crippen LogP contribution in [0.2, 0.25) is 0 Å². The van der Waals surface area contributed by atoms with Crippen molar-refractivity contribution in [1.29, 1.82) is 0 Å². The first-order valence-corrected chi connectivity index (χ1v) is 10.2. The van der Waals surface area contributed by atoms with Crippen LogP contribution in [0.5, 0.6) is 5.88 Å². The minimum absolute atomic E-state index is 0.00434. The van der Waals surface area contributed by atoms with E-state index in [0.29, 0.717) is 0 Å². The summed E-state index contributed by atoms with van der Waals surface area (Å²) in [7, 11) is -2.47. The summed E-state index contributed by atoms with van der Waals surface area (Å²) in [4.78, 5) is 11.8. The van der Waals surface area contributed by atoms with Crippen LogP contribution in [-0.2, 0) is 10.0 Å². The van der Waals surface area contributed by atoms with Gasteiger partial charge < -0.3 is 10.5 Å². The van der Waals surface area contributed by atoms with E-state index in [-0.39, 0.29) is 35.3 Å². The molecular weight excluding hydrogens is 416 g/mol. The fourth-order valence-corrected chi connectivity index (χ4v) is 3.86. The lowest BCUT2D eigenvalue weighted by Gasteiger charge is -2.27. The zero-order valence-corrected chi connectivity index (χ0v) is 16.6. The Morgan fingerprint density at radius 1 is 1.43 bits per heavy atom. The van der Waals surface area contributed by atoms with E-state index in [1.54, 1.807) is 0 Å². The number of ether oxygens (including phenoxy) is 1. The van der Waals surface area contributed by atoms with Gasteiger partial charge in [-0.3, -0.25) is 0 Å². The standard InChI is InChI=1S/C19H17F2N5O3S/c1-3-6-29-18-10-23-16(9-24-18)15(21)8-12-4-5-14(20)13(7-12)17-11-30(27,28)26(2)19(22)25-17/h1,4-5,7-10,17H,6,11H2,2H3,(H2,22,25)/b15-8-. The van der Waals surface area contributed by atoms with Gasteiger partial charge in [0.15, 0.2) is 12.4 Å². The zero-order chi connectivity index (χ0) is 21.9. The third-order valence-corrected chi connectivity index (χ3v) is 6.00. The fourth-order valence-electron chi connectivity index (χ4n) is 2.65. The number of benzene rings is 1. The molecule has 156 valence electrons. The molecule has 0 saturated heterocycles. The molecule has 1 unspecified atom stereocenters. The molecule has 0 spiro atoms. The number of aromatic nitrogens is 2. The Balaban J connectivity index is 1.89. The molecule has 11 heteroatoms. The van der Waals surface area contributed by atoms with Crippen molar-refractivity contribution in [2.45, 2.75) is 6.04 Å². The third-order valence-electron chi connectivity index (χ3n) is 4.25. The van der Waals surface area contributed by atoms with Crippen LogP contribution in [0.4, 0.5) is 8.78 Å². The van der Waals surface area contributed by atoms with Crippen LogP contribution in [0, 0.1) is 18.2 Å². The van der Waals surface area contributed by atoms with E-state index in [2.05, 4.69) is 20.9 Å². The minimum atomic E-state index is -3.74. The zero-order valence-electron chi connectivity index (χ0n) is 15.8. The Labute approximate surface area is 172 Å². The van der Waals surface area contributed by atoms with Gasteiger partial charge >= 0.3 is 0 Å². The SMILES string of the molecule is C#CCOc1cnc(/C(F)=C/c2ccc(F)c(C3CS(=O)(=O)N(C)C(N)=N3)c2)cn1. The second kappa shape index (κ2) is 8.46. The second-order valence-corrected chi connectivity index (χ2v) is 8.30. The molecule has 0 radical (unpaired) electrons. The summed E-state index contributed by atoms with van der Waals surface area (Å²) in [5.74, 6) is 0.298. The van der Waals surface area contributed by atoms with Crippen molar-refractivity contribution in [3.8, 4) is 18.2 Å². The van der Waals surface area contributed by atoms with Gasteiger partial charge in [0, 0.05) is 12.6 Å². The van der Waals surface area contributed by atoms with Crippen molar-refractivity contribution >= 4 is 27.9 Å². The molecule has 0 amide bonds. The van der Waals surface area contributed by atoms with Gasteiger partial charge in [-0.2, -0.15) is 0 Å². The van der Waals surface area contributed by atoms with E-state index in [9.17, 15) is 17.2 Å². The molecule has 1 aromatic carbocycles. The van der Waals surface area contributed by atoms with E-state index in [4.69, 9.17) is 16.9 Å². The molecular formula is C19H17F2N5O3S. The highest BCUT2D eigenvalue weighted by Crippen LogP contribution is 2.29. The Morgan fingerprint density at radius 3 is 2.83 bits per heavy atom. The molecule has 30 heavy (non-hydrogen) atoms. The molecule has 2 heterocycles. The average molecular weight is 433 g/mol. The lowest BCUT2D eigenvalue weighted by Crippen LogP contribution is -2.45. The molecule has 0 fully saturated rings. The van der Waals surface area contributed by atoms with Crippen molar-refractivity contribution in [2.24, 2.45) is 10.7 Å². The van der Waals surface area contributed by atoms with E-state index in [1.807, 2.05) is 0 Å². The number of sulfonamides is 1. The van der Waals surface area contributed by atoms with Crippen molar-refractivity contribution in [3.63, 3.8) is 0 Å². The predicted molar refractivity (Wildman–Crippen MR) is 108 cm³/mol. The third kappa shape index (κ3) is 4.55. The highest BCUT2D eigenvalue weighted by atomic mass is 32.2. The van der Waals surface area contributed by atoms with Gasteiger partial charge in [-0.25, -0.2) is 36.5 Å². The first-order valence-electron chi connectivity index (χ1n) is 8.56. The van der Waals surface area contributed by atoms with Gasteiger partial charge in [0.05, 0.1) is 24.2 Å². The molecule has 8 nitrogen and oxygen atoms in total. The Bertz CT molecular complexity index is 1160. The number of nitrogens with zero attached hydrogens (tertiary/aromatic N) is 4. The van der Waals surface area contributed by atoms with E-state index < -0.39 is 33.5 Å². The van der Waals surface area contributed by atoms with Crippen molar-refractivity contribution in [3.05, 3.63) is 53.2 Å². The average Bonchev–Trinajstić information content (AvgIpc) is 2.71. The molecule has 0 saturated carbocycles. The normalized spacial score (nSPS) is 18.5. The number of terminal acetylenes is 1. The Hall–Kier alpha value is -3.52. The number of halogens is 2. The lowest BCUT2D eigenvalue weighted by atomic mass is 10.0. The number of nitrogens with two attached hydrogens (primary N) is 1. The van der Waals surface area contributed by atoms with Crippen LogP contribution in [-0.4, -0.2) is 48.1 Å². The summed E-state index contributed by atoms with van der Waals surface area (Å²) < 4.78 is 59.1. The summed E-state index contributed by atoms with van der Waals surface area (Å²) >= 11 is 0. The van der Waals surface area contributed by atoms with Gasteiger partial charge in [0.25, 0.3) is 0 Å². The lowest BCUT2D eigenvalue weighted by molar-refractivity contribution is 0.353. The van der Waals surface area contributed by atoms with Gasteiger partial charge in [-0.05, 0) is 23.8 Å². The summed E-state index contributed by atoms with van der Waals surface area (Å²) in [5.41, 5.74) is 5.83. The molecule has 1 aliphatic rings. The van der Waals surface area contributed by atoms with Crippen molar-refractivity contribution < 1.29 is 21.9 Å². The first-order chi connectivity index (χ1) is 14.2. The number of rotatable bonds is 5. The first kappa shape index (κ1) is 21.2. The summed E-state index contributed by atoms with van der Waals surface area (Å²) in [5, 5.41) is 0. The Morgan fingerprint density at radius 2 is 2.20 bits per heavy atom. The monoisotopic (exact) mass is 433 g/mol. The number of hydrogen-bond donors (Lipinski definition) is 1. The second-order valence-electron chi connectivity index (χ2n) is 6.26. The highest BCUT2D eigenvalue weighted by Gasteiger charge is 2.32. The summed E-state index contributed by atoms with van der Waals surface area (Å²) in [6.07, 6.45) is 8.58. The number of hydrogen-bond acceptors (Lipinski definition) is 7. The van der Waals surface area contributed by atoms with Gasteiger partial charge in [-0.15, -0.1) is 6.42 Å². The van der Waals surface area contributed by atoms with E-state index in [0.717, 1.165) is 22.6 Å². The predicted octanol–water partition coefficient (Wildman–Crippen LogP) is 1.73. The maximum absolute atomic E-state index is 14.6. The van der Waals surface area contributed by atoms with Gasteiger partial charge in [-0.1, -0.05) is 12.0 Å². The molecule has 0 bridgehead atoms. The van der Waals surface area contributed by atoms with Crippen molar-refractivity contribution in [2.75, 3.05) is 19.4 Å². The van der Waals surface area contributed by atoms with Crippen molar-refractivity contribution in [1.82, 2.24) is 14.3 Å². The maximum atomic E-state index is 14.6. The molecule has 1 aliphatic heterocycles. The van der Waals surface area contributed by atoms with Crippen LogP contribution < -0.4 is 10.5 Å². The summed E-state index contributed by atoms with van der Waals surface area (Å²) in [6.45, 7) is 0.00434. The highest BCUT2D eigenvalue weighted by molar-refractivity contribution is 7.89. The largest absolute Gasteiger partial charge is 0.463 e. The topological polar surface area (TPSA) is 111 Å². The minimum Gasteiger partial charge on any atom is -0.463 e. The van der Waals surface area contributed by atoms with E-state index >= 15 is 0 Å². The Kier molecular flexibility index (Phi) is 5.98. The van der Waals surface area contributed by atoms with Gasteiger partial charge in [0.2, 0.25) is 21.9 Å². The van der Waals surface area contributed by atoms with Crippen LogP contribution in [0.15, 0.2) is 35.6 Å². The molecule has 0 aliphatic carbocycles.